The van der Waals surface area contributed by atoms with E-state index in [4.69, 9.17) is 0 Å². The minimum Gasteiger partial charge on any atom is -0.359 e. The molecule has 1 aliphatic heterocycles. The summed E-state index contributed by atoms with van der Waals surface area (Å²) in [5.74, 6) is 0.760. The number of aromatic nitrogens is 1. The number of nitrogens with one attached hydrogen (secondary N) is 1. The van der Waals surface area contributed by atoms with E-state index in [1.165, 1.54) is 0 Å². The summed E-state index contributed by atoms with van der Waals surface area (Å²) in [7, 11) is 1.65. The minimum atomic E-state index is -0.0147. The first kappa shape index (κ1) is 13.3. The van der Waals surface area contributed by atoms with Gasteiger partial charge >= 0.3 is 0 Å². The molecule has 0 spiro atoms. The van der Waals surface area contributed by atoms with Crippen LogP contribution < -0.4 is 10.2 Å². The van der Waals surface area contributed by atoms with Crippen LogP contribution in [0.3, 0.4) is 0 Å². The Morgan fingerprint density at radius 3 is 2.95 bits per heavy atom. The molecule has 1 aromatic rings. The van der Waals surface area contributed by atoms with E-state index in [9.17, 15) is 10.1 Å². The van der Waals surface area contributed by atoms with Crippen molar-refractivity contribution in [2.45, 2.75) is 20.3 Å². The van der Waals surface area contributed by atoms with Crippen molar-refractivity contribution in [3.8, 4) is 6.07 Å². The van der Waals surface area contributed by atoms with Crippen LogP contribution in [-0.4, -0.2) is 31.0 Å². The molecule has 1 fully saturated rings. The first-order valence-electron chi connectivity index (χ1n) is 6.41. The van der Waals surface area contributed by atoms with Crippen molar-refractivity contribution in [3.63, 3.8) is 0 Å². The van der Waals surface area contributed by atoms with Gasteiger partial charge in [0.2, 0.25) is 5.91 Å². The Hall–Kier alpha value is -2.09. The molecule has 0 saturated carbocycles. The molecule has 5 nitrogen and oxygen atoms in total. The number of nitrogens with zero attached hydrogens (tertiary/aromatic N) is 3. The average Bonchev–Trinajstić information content (AvgIpc) is 2.86. The van der Waals surface area contributed by atoms with E-state index in [0.717, 1.165) is 24.2 Å². The van der Waals surface area contributed by atoms with E-state index in [1.54, 1.807) is 7.05 Å². The molecule has 0 unspecified atom stereocenters. The molecule has 5 heteroatoms. The highest BCUT2D eigenvalue weighted by Crippen LogP contribution is 2.27. The van der Waals surface area contributed by atoms with Gasteiger partial charge in [0.15, 0.2) is 0 Å². The van der Waals surface area contributed by atoms with Gasteiger partial charge in [0, 0.05) is 25.8 Å². The number of aryl methyl sites for hydroxylation is 2. The molecule has 0 aliphatic carbocycles. The third kappa shape index (κ3) is 2.53. The lowest BCUT2D eigenvalue weighted by Crippen LogP contribution is -2.30. The topological polar surface area (TPSA) is 69.0 Å². The number of anilines is 1. The molecule has 1 aliphatic rings. The highest BCUT2D eigenvalue weighted by molar-refractivity contribution is 5.79. The maximum atomic E-state index is 11.7. The summed E-state index contributed by atoms with van der Waals surface area (Å²) >= 11 is 0. The van der Waals surface area contributed by atoms with Gasteiger partial charge in [-0.3, -0.25) is 4.79 Å². The summed E-state index contributed by atoms with van der Waals surface area (Å²) in [5.41, 5.74) is 2.45. The summed E-state index contributed by atoms with van der Waals surface area (Å²) in [4.78, 5) is 18.2. The van der Waals surface area contributed by atoms with Crippen molar-refractivity contribution >= 4 is 11.7 Å². The second kappa shape index (κ2) is 5.27. The molecule has 0 radical (unpaired) electrons. The van der Waals surface area contributed by atoms with E-state index in [1.807, 2.05) is 24.8 Å². The lowest BCUT2D eigenvalue weighted by Gasteiger charge is -2.20. The minimum absolute atomic E-state index is 0.0147. The molecular weight excluding hydrogens is 240 g/mol. The van der Waals surface area contributed by atoms with Crippen LogP contribution in [0.15, 0.2) is 6.07 Å². The number of hydrogen-bond acceptors (Lipinski definition) is 4. The summed E-state index contributed by atoms with van der Waals surface area (Å²) < 4.78 is 0. The van der Waals surface area contributed by atoms with Gasteiger partial charge in [-0.25, -0.2) is 4.98 Å². The SMILES string of the molecule is CNC(=O)[C@H]1CCN(c2nc(C)cc(C)c2C#N)C1. The van der Waals surface area contributed by atoms with Gasteiger partial charge in [-0.1, -0.05) is 0 Å². The highest BCUT2D eigenvalue weighted by Gasteiger charge is 2.30. The second-order valence-corrected chi connectivity index (χ2v) is 4.94. The maximum Gasteiger partial charge on any atom is 0.224 e. The predicted octanol–water partition coefficient (Wildman–Crippen LogP) is 1.14. The number of rotatable bonds is 2. The Morgan fingerprint density at radius 2 is 2.32 bits per heavy atom. The Balaban J connectivity index is 2.29. The fourth-order valence-corrected chi connectivity index (χ4v) is 2.55. The van der Waals surface area contributed by atoms with Crippen LogP contribution in [0.4, 0.5) is 5.82 Å². The summed E-state index contributed by atoms with van der Waals surface area (Å²) in [6.07, 6.45) is 0.805. The van der Waals surface area contributed by atoms with Crippen molar-refractivity contribution in [1.82, 2.24) is 10.3 Å². The molecule has 1 amide bonds. The molecule has 0 bridgehead atoms. The normalized spacial score (nSPS) is 18.2. The molecule has 1 aromatic heterocycles. The fraction of sp³-hybridized carbons (Fsp3) is 0.500. The number of nitriles is 1. The van der Waals surface area contributed by atoms with Crippen molar-refractivity contribution in [2.75, 3.05) is 25.0 Å². The number of amides is 1. The Bertz CT molecular complexity index is 547. The highest BCUT2D eigenvalue weighted by atomic mass is 16.1. The standard InChI is InChI=1S/C14H18N4O/c1-9-6-10(2)17-13(12(9)7-15)18-5-4-11(8-18)14(19)16-3/h6,11H,4-5,8H2,1-3H3,(H,16,19)/t11-/m0/s1. The van der Waals surface area contributed by atoms with E-state index in [-0.39, 0.29) is 11.8 Å². The van der Waals surface area contributed by atoms with Gasteiger partial charge in [0.25, 0.3) is 0 Å². The number of carbonyl (C=O) groups excluding carboxylic acids is 1. The maximum absolute atomic E-state index is 11.7. The van der Waals surface area contributed by atoms with Crippen LogP contribution in [0.2, 0.25) is 0 Å². The largest absolute Gasteiger partial charge is 0.359 e. The van der Waals surface area contributed by atoms with E-state index < -0.39 is 0 Å². The molecule has 1 atom stereocenters. The molecule has 1 saturated heterocycles. The quantitative estimate of drug-likeness (QED) is 0.863. The summed E-state index contributed by atoms with van der Waals surface area (Å²) in [5, 5.41) is 12.0. The van der Waals surface area contributed by atoms with Gasteiger partial charge in [-0.05, 0) is 31.9 Å². The van der Waals surface area contributed by atoms with Crippen LogP contribution in [0, 0.1) is 31.1 Å². The van der Waals surface area contributed by atoms with Crippen LogP contribution >= 0.6 is 0 Å². The Labute approximate surface area is 113 Å². The molecule has 2 heterocycles. The van der Waals surface area contributed by atoms with E-state index >= 15 is 0 Å². The zero-order chi connectivity index (χ0) is 14.0. The smallest absolute Gasteiger partial charge is 0.224 e. The fourth-order valence-electron chi connectivity index (χ4n) is 2.55. The number of carbonyl (C=O) groups is 1. The number of pyridine rings is 1. The molecule has 1 N–H and O–H groups in total. The third-order valence-electron chi connectivity index (χ3n) is 3.54. The Kier molecular flexibility index (Phi) is 3.70. The molecule has 100 valence electrons. The van der Waals surface area contributed by atoms with Crippen molar-refractivity contribution in [2.24, 2.45) is 5.92 Å². The van der Waals surface area contributed by atoms with Gasteiger partial charge in [-0.2, -0.15) is 5.26 Å². The van der Waals surface area contributed by atoms with Crippen LogP contribution in [0.25, 0.3) is 0 Å². The zero-order valence-corrected chi connectivity index (χ0v) is 11.5. The lowest BCUT2D eigenvalue weighted by atomic mass is 10.1. The van der Waals surface area contributed by atoms with Crippen LogP contribution in [-0.2, 0) is 4.79 Å². The van der Waals surface area contributed by atoms with Crippen LogP contribution in [0.1, 0.15) is 23.2 Å². The van der Waals surface area contributed by atoms with Gasteiger partial charge in [0.05, 0.1) is 11.5 Å². The van der Waals surface area contributed by atoms with Crippen molar-refractivity contribution in [1.29, 1.82) is 5.26 Å². The molecular formula is C14H18N4O. The van der Waals surface area contributed by atoms with Gasteiger partial charge < -0.3 is 10.2 Å². The van der Waals surface area contributed by atoms with Gasteiger partial charge in [-0.15, -0.1) is 0 Å². The molecule has 19 heavy (non-hydrogen) atoms. The van der Waals surface area contributed by atoms with E-state index in [0.29, 0.717) is 17.9 Å². The zero-order valence-electron chi connectivity index (χ0n) is 11.5. The first-order chi connectivity index (χ1) is 9.06. The van der Waals surface area contributed by atoms with Crippen molar-refractivity contribution in [3.05, 3.63) is 22.9 Å². The number of hydrogen-bond donors (Lipinski definition) is 1. The molecule has 0 aromatic carbocycles. The predicted molar refractivity (Wildman–Crippen MR) is 72.8 cm³/mol. The van der Waals surface area contributed by atoms with Crippen molar-refractivity contribution < 1.29 is 4.79 Å². The van der Waals surface area contributed by atoms with Crippen LogP contribution in [0.5, 0.6) is 0 Å². The monoisotopic (exact) mass is 258 g/mol. The first-order valence-corrected chi connectivity index (χ1v) is 6.41. The van der Waals surface area contributed by atoms with Gasteiger partial charge in [0.1, 0.15) is 11.9 Å². The van der Waals surface area contributed by atoms with E-state index in [2.05, 4.69) is 16.4 Å². The third-order valence-corrected chi connectivity index (χ3v) is 3.54. The summed E-state index contributed by atoms with van der Waals surface area (Å²) in [6, 6.07) is 4.13. The summed E-state index contributed by atoms with van der Waals surface area (Å²) in [6.45, 7) is 5.24. The molecule has 2 rings (SSSR count). The Morgan fingerprint density at radius 1 is 1.58 bits per heavy atom. The second-order valence-electron chi connectivity index (χ2n) is 4.94. The lowest BCUT2D eigenvalue weighted by molar-refractivity contribution is -0.123. The average molecular weight is 258 g/mol.